The Bertz CT molecular complexity index is 430. The zero-order valence-corrected chi connectivity index (χ0v) is 9.21. The highest BCUT2D eigenvalue weighted by molar-refractivity contribution is 5.50. The minimum absolute atomic E-state index is 0.425. The first-order valence-corrected chi connectivity index (χ1v) is 5.98. The Hall–Kier alpha value is -1.50. The molecular weight excluding hydrogens is 196 g/mol. The van der Waals surface area contributed by atoms with E-state index in [-0.39, 0.29) is 0 Å². The topological polar surface area (TPSA) is 20.2 Å². The van der Waals surface area contributed by atoms with Gasteiger partial charge in [-0.05, 0) is 36.3 Å². The minimum atomic E-state index is 0.425. The van der Waals surface area contributed by atoms with Crippen LogP contribution >= 0.6 is 0 Å². The van der Waals surface area contributed by atoms with Crippen LogP contribution in [0.5, 0.6) is 0 Å². The van der Waals surface area contributed by atoms with Crippen LogP contribution in [0.1, 0.15) is 18.4 Å². The van der Waals surface area contributed by atoms with Crippen LogP contribution in [-0.4, -0.2) is 5.11 Å². The van der Waals surface area contributed by atoms with Gasteiger partial charge in [0.2, 0.25) is 0 Å². The molecule has 0 bridgehead atoms. The molecule has 82 valence electrons. The third-order valence-electron chi connectivity index (χ3n) is 3.73. The molecule has 0 radical (unpaired) electrons. The van der Waals surface area contributed by atoms with Gasteiger partial charge in [0, 0.05) is 5.92 Å². The second kappa shape index (κ2) is 3.82. The molecule has 1 nitrogen and oxygen atoms in total. The van der Waals surface area contributed by atoms with Crippen LogP contribution in [0.4, 0.5) is 0 Å². The lowest BCUT2D eigenvalue weighted by Gasteiger charge is -2.03. The maximum absolute atomic E-state index is 9.71. The fourth-order valence-electron chi connectivity index (χ4n) is 2.80. The molecule has 0 saturated heterocycles. The number of benzene rings is 1. The number of fused-ring (bicyclic) bond motifs is 1. The molecule has 1 unspecified atom stereocenters. The Labute approximate surface area is 96.1 Å². The van der Waals surface area contributed by atoms with Gasteiger partial charge in [-0.3, -0.25) is 0 Å². The number of aliphatic hydroxyl groups excluding tert-OH is 1. The molecule has 1 fully saturated rings. The van der Waals surface area contributed by atoms with E-state index in [1.165, 1.54) is 12.0 Å². The molecule has 0 heterocycles. The highest BCUT2D eigenvalue weighted by atomic mass is 16.3. The minimum Gasteiger partial charge on any atom is -0.512 e. The van der Waals surface area contributed by atoms with E-state index in [2.05, 4.69) is 36.4 Å². The summed E-state index contributed by atoms with van der Waals surface area (Å²) in [5.41, 5.74) is 1.25. The lowest BCUT2D eigenvalue weighted by atomic mass is 10.1. The van der Waals surface area contributed by atoms with Gasteiger partial charge in [0.05, 0.1) is 5.76 Å². The zero-order chi connectivity index (χ0) is 11.0. The lowest BCUT2D eigenvalue weighted by molar-refractivity contribution is 0.355. The Morgan fingerprint density at radius 2 is 2.00 bits per heavy atom. The summed E-state index contributed by atoms with van der Waals surface area (Å²) in [4.78, 5) is 0. The van der Waals surface area contributed by atoms with Crippen molar-refractivity contribution in [1.29, 1.82) is 0 Å². The van der Waals surface area contributed by atoms with Crippen LogP contribution < -0.4 is 0 Å². The van der Waals surface area contributed by atoms with Crippen molar-refractivity contribution in [2.45, 2.75) is 12.8 Å². The summed E-state index contributed by atoms with van der Waals surface area (Å²) in [6, 6.07) is 10.4. The van der Waals surface area contributed by atoms with Crippen molar-refractivity contribution in [2.24, 2.45) is 17.8 Å². The SMILES string of the molecule is OC1=CCC[C@H]2C(/C=C/c3ccccc3)[C@@H]12. The second-order valence-corrected chi connectivity index (χ2v) is 4.74. The summed E-state index contributed by atoms with van der Waals surface area (Å²) >= 11 is 0. The highest BCUT2D eigenvalue weighted by Crippen LogP contribution is 2.56. The second-order valence-electron chi connectivity index (χ2n) is 4.74. The summed E-state index contributed by atoms with van der Waals surface area (Å²) in [5.74, 6) is 2.32. The average molecular weight is 212 g/mol. The van der Waals surface area contributed by atoms with Crippen LogP contribution in [0.2, 0.25) is 0 Å². The maximum atomic E-state index is 9.71. The molecule has 1 aromatic carbocycles. The molecular formula is C15H16O. The molecule has 1 N–H and O–H groups in total. The van der Waals surface area contributed by atoms with Crippen molar-refractivity contribution in [3.05, 3.63) is 53.8 Å². The normalized spacial score (nSPS) is 32.2. The fourth-order valence-corrected chi connectivity index (χ4v) is 2.80. The van der Waals surface area contributed by atoms with Crippen molar-refractivity contribution in [2.75, 3.05) is 0 Å². The van der Waals surface area contributed by atoms with Crippen LogP contribution in [0.25, 0.3) is 6.08 Å². The van der Waals surface area contributed by atoms with Crippen molar-refractivity contribution in [1.82, 2.24) is 0 Å². The van der Waals surface area contributed by atoms with E-state index in [9.17, 15) is 5.11 Å². The monoisotopic (exact) mass is 212 g/mol. The Morgan fingerprint density at radius 3 is 2.75 bits per heavy atom. The molecule has 0 spiro atoms. The van der Waals surface area contributed by atoms with Crippen LogP contribution in [-0.2, 0) is 0 Å². The predicted octanol–water partition coefficient (Wildman–Crippen LogP) is 3.80. The molecule has 0 amide bonds. The lowest BCUT2D eigenvalue weighted by Crippen LogP contribution is -1.93. The molecule has 2 aliphatic rings. The third-order valence-corrected chi connectivity index (χ3v) is 3.73. The van der Waals surface area contributed by atoms with Crippen molar-refractivity contribution in [3.8, 4) is 0 Å². The molecule has 16 heavy (non-hydrogen) atoms. The van der Waals surface area contributed by atoms with Gasteiger partial charge < -0.3 is 5.11 Å². The van der Waals surface area contributed by atoms with E-state index in [1.54, 1.807) is 0 Å². The van der Waals surface area contributed by atoms with Gasteiger partial charge in [0.1, 0.15) is 0 Å². The summed E-state index contributed by atoms with van der Waals surface area (Å²) in [6.45, 7) is 0. The van der Waals surface area contributed by atoms with Gasteiger partial charge in [-0.2, -0.15) is 0 Å². The predicted molar refractivity (Wildman–Crippen MR) is 65.9 cm³/mol. The number of hydrogen-bond acceptors (Lipinski definition) is 1. The van der Waals surface area contributed by atoms with Crippen molar-refractivity contribution < 1.29 is 5.11 Å². The Morgan fingerprint density at radius 1 is 1.19 bits per heavy atom. The number of allylic oxidation sites excluding steroid dienone is 3. The molecule has 1 aromatic rings. The molecule has 0 aromatic heterocycles. The first kappa shape index (κ1) is 9.71. The molecule has 1 saturated carbocycles. The van der Waals surface area contributed by atoms with E-state index < -0.39 is 0 Å². The summed E-state index contributed by atoms with van der Waals surface area (Å²) < 4.78 is 0. The van der Waals surface area contributed by atoms with Crippen LogP contribution in [0, 0.1) is 17.8 Å². The van der Waals surface area contributed by atoms with Crippen molar-refractivity contribution >= 4 is 6.08 Å². The van der Waals surface area contributed by atoms with Gasteiger partial charge in [-0.1, -0.05) is 42.5 Å². The first-order valence-electron chi connectivity index (χ1n) is 5.98. The summed E-state index contributed by atoms with van der Waals surface area (Å²) in [6.07, 6.45) is 8.70. The number of rotatable bonds is 2. The summed E-state index contributed by atoms with van der Waals surface area (Å²) in [5, 5.41) is 9.71. The molecule has 1 heteroatoms. The van der Waals surface area contributed by atoms with Gasteiger partial charge in [-0.15, -0.1) is 0 Å². The van der Waals surface area contributed by atoms with E-state index >= 15 is 0 Å². The first-order chi connectivity index (χ1) is 7.86. The highest BCUT2D eigenvalue weighted by Gasteiger charge is 2.51. The zero-order valence-electron chi connectivity index (χ0n) is 9.21. The van der Waals surface area contributed by atoms with Crippen LogP contribution in [0.3, 0.4) is 0 Å². The number of aliphatic hydroxyl groups is 1. The quantitative estimate of drug-likeness (QED) is 0.790. The van der Waals surface area contributed by atoms with E-state index in [1.807, 2.05) is 12.1 Å². The third kappa shape index (κ3) is 1.67. The molecule has 0 aliphatic heterocycles. The van der Waals surface area contributed by atoms with E-state index in [4.69, 9.17) is 0 Å². The smallest absolute Gasteiger partial charge is 0.0922 e. The van der Waals surface area contributed by atoms with Gasteiger partial charge in [0.15, 0.2) is 0 Å². The van der Waals surface area contributed by atoms with Gasteiger partial charge in [-0.25, -0.2) is 0 Å². The summed E-state index contributed by atoms with van der Waals surface area (Å²) in [7, 11) is 0. The molecule has 3 atom stereocenters. The average Bonchev–Trinajstić information content (AvgIpc) is 3.03. The fraction of sp³-hybridized carbons (Fsp3) is 0.333. The largest absolute Gasteiger partial charge is 0.512 e. The number of hydrogen-bond donors (Lipinski definition) is 1. The van der Waals surface area contributed by atoms with E-state index in [0.717, 1.165) is 6.42 Å². The molecule has 2 aliphatic carbocycles. The Kier molecular flexibility index (Phi) is 2.32. The molecule has 3 rings (SSSR count). The Balaban J connectivity index is 1.70. The standard InChI is InChI=1S/C15H16O/c16-14-8-4-7-12-13(15(12)14)10-9-11-5-2-1-3-6-11/h1-3,5-6,8-10,12-13,15-16H,4,7H2/b10-9+/t12-,13?,15-/m0/s1. The van der Waals surface area contributed by atoms with Gasteiger partial charge in [0.25, 0.3) is 0 Å². The van der Waals surface area contributed by atoms with Crippen molar-refractivity contribution in [3.63, 3.8) is 0 Å². The van der Waals surface area contributed by atoms with Crippen LogP contribution in [0.15, 0.2) is 48.2 Å². The maximum Gasteiger partial charge on any atom is 0.0922 e. The van der Waals surface area contributed by atoms with E-state index in [0.29, 0.717) is 23.5 Å². The van der Waals surface area contributed by atoms with Gasteiger partial charge >= 0.3 is 0 Å².